The lowest BCUT2D eigenvalue weighted by molar-refractivity contribution is 0.184. The summed E-state index contributed by atoms with van der Waals surface area (Å²) in [7, 11) is 1.55. The molecule has 3 N–H and O–H groups in total. The zero-order valence-corrected chi connectivity index (χ0v) is 20.5. The lowest BCUT2D eigenvalue weighted by Gasteiger charge is -2.32. The lowest BCUT2D eigenvalue weighted by atomic mass is 10.0. The van der Waals surface area contributed by atoms with Crippen molar-refractivity contribution in [3.63, 3.8) is 0 Å². The molecule has 2 aliphatic rings. The quantitative estimate of drug-likeness (QED) is 0.385. The van der Waals surface area contributed by atoms with Crippen LogP contribution in [0.5, 0.6) is 5.75 Å². The largest absolute Gasteiger partial charge is 0.495 e. The third-order valence-corrected chi connectivity index (χ3v) is 7.40. The van der Waals surface area contributed by atoms with Gasteiger partial charge in [0.25, 0.3) is 0 Å². The fraction of sp³-hybridized carbons (Fsp3) is 0.320. The van der Waals surface area contributed by atoms with Crippen molar-refractivity contribution in [2.24, 2.45) is 0 Å². The summed E-state index contributed by atoms with van der Waals surface area (Å²) in [4.78, 5) is 33.0. The summed E-state index contributed by atoms with van der Waals surface area (Å²) in [6.07, 6.45) is 3.23. The van der Waals surface area contributed by atoms with Crippen molar-refractivity contribution in [3.05, 3.63) is 69.4 Å². The maximum atomic E-state index is 13.1. The summed E-state index contributed by atoms with van der Waals surface area (Å²) in [6, 6.07) is 11.0. The number of fused-ring (bicyclic) bond motifs is 2. The van der Waals surface area contributed by atoms with E-state index in [-0.39, 0.29) is 17.8 Å². The third-order valence-electron chi connectivity index (χ3n) is 7.11. The average Bonchev–Trinajstić information content (AvgIpc) is 3.57. The van der Waals surface area contributed by atoms with E-state index in [4.69, 9.17) is 16.3 Å². The molecule has 0 saturated carbocycles. The molecule has 2 aromatic heterocycles. The molecule has 0 aliphatic carbocycles. The third kappa shape index (κ3) is 3.87. The van der Waals surface area contributed by atoms with Gasteiger partial charge in [0.15, 0.2) is 0 Å². The smallest absolute Gasteiger partial charge is 0.326 e. The zero-order valence-electron chi connectivity index (χ0n) is 19.8. The summed E-state index contributed by atoms with van der Waals surface area (Å²) in [5, 5.41) is 10.5. The Labute approximate surface area is 211 Å². The number of hydrogen-bond donors (Lipinski definition) is 3. The monoisotopic (exact) mass is 507 g/mol. The number of nitrogens with one attached hydrogen (secondary N) is 3. The Morgan fingerprint density at radius 1 is 1.19 bits per heavy atom. The fourth-order valence-corrected chi connectivity index (χ4v) is 5.52. The summed E-state index contributed by atoms with van der Waals surface area (Å²) < 4.78 is 7.02. The van der Waals surface area contributed by atoms with Crippen LogP contribution in [0.3, 0.4) is 0 Å². The molecule has 0 radical (unpaired) electrons. The number of nitrogens with zero attached hydrogens (tertiary/aromatic N) is 4. The highest BCUT2D eigenvalue weighted by Gasteiger charge is 2.28. The van der Waals surface area contributed by atoms with Crippen LogP contribution in [-0.4, -0.2) is 50.9 Å². The van der Waals surface area contributed by atoms with Gasteiger partial charge in [-0.25, -0.2) is 9.59 Å². The second-order valence-corrected chi connectivity index (χ2v) is 9.61. The molecule has 11 heteroatoms. The van der Waals surface area contributed by atoms with Crippen LogP contribution in [0.2, 0.25) is 5.02 Å². The molecular weight excluding hydrogens is 482 g/mol. The first kappa shape index (κ1) is 22.5. The second-order valence-electron chi connectivity index (χ2n) is 9.20. The molecule has 1 saturated heterocycles. The Balaban J connectivity index is 1.16. The molecule has 0 spiro atoms. The maximum absolute atomic E-state index is 13.1. The van der Waals surface area contributed by atoms with Crippen LogP contribution >= 0.6 is 11.6 Å². The number of aromatic nitrogens is 4. The summed E-state index contributed by atoms with van der Waals surface area (Å²) in [5.74, 6) is 0.554. The van der Waals surface area contributed by atoms with Crippen LogP contribution in [0, 0.1) is 0 Å². The molecular formula is C25H26ClN7O3. The van der Waals surface area contributed by atoms with Gasteiger partial charge in [-0.15, -0.1) is 0 Å². The number of aromatic amines is 2. The number of urea groups is 1. The number of carbonyl (C=O) groups excluding carboxylic acids is 1. The highest BCUT2D eigenvalue weighted by Crippen LogP contribution is 2.34. The van der Waals surface area contributed by atoms with Gasteiger partial charge < -0.3 is 24.8 Å². The Bertz CT molecular complexity index is 1480. The number of piperidine rings is 1. The molecule has 2 aromatic carbocycles. The predicted octanol–water partition coefficient (Wildman–Crippen LogP) is 4.10. The number of likely N-dealkylation sites (tertiary alicyclic amines) is 1. The first-order chi connectivity index (χ1) is 17.5. The van der Waals surface area contributed by atoms with Gasteiger partial charge in [-0.2, -0.15) is 5.10 Å². The van der Waals surface area contributed by atoms with E-state index in [0.717, 1.165) is 35.5 Å². The van der Waals surface area contributed by atoms with E-state index >= 15 is 0 Å². The number of carbonyl (C=O) groups is 1. The number of H-pyrrole nitrogens is 2. The van der Waals surface area contributed by atoms with Crippen molar-refractivity contribution < 1.29 is 9.53 Å². The van der Waals surface area contributed by atoms with Gasteiger partial charge in [0, 0.05) is 36.9 Å². The molecule has 4 heterocycles. The SMILES string of the molecule is COc1ccc(NC(=O)N2CCC(n3c(=O)[nH]c4c(N5Cc6cn[nH]c6C5)cccc43)CC2)cc1Cl. The van der Waals surface area contributed by atoms with E-state index in [9.17, 15) is 9.59 Å². The molecule has 6 rings (SSSR count). The molecule has 1 fully saturated rings. The first-order valence-corrected chi connectivity index (χ1v) is 12.3. The Morgan fingerprint density at radius 2 is 2.03 bits per heavy atom. The molecule has 10 nitrogen and oxygen atoms in total. The van der Waals surface area contributed by atoms with Crippen LogP contribution in [-0.2, 0) is 13.1 Å². The Hall–Kier alpha value is -3.92. The lowest BCUT2D eigenvalue weighted by Crippen LogP contribution is -2.42. The number of anilines is 2. The van der Waals surface area contributed by atoms with Crippen molar-refractivity contribution in [2.45, 2.75) is 32.0 Å². The number of amides is 2. The molecule has 36 heavy (non-hydrogen) atoms. The zero-order chi connectivity index (χ0) is 24.8. The van der Waals surface area contributed by atoms with Gasteiger partial charge in [-0.05, 0) is 43.2 Å². The van der Waals surface area contributed by atoms with Crippen LogP contribution in [0.1, 0.15) is 30.1 Å². The minimum absolute atomic E-state index is 0.0106. The van der Waals surface area contributed by atoms with E-state index < -0.39 is 0 Å². The summed E-state index contributed by atoms with van der Waals surface area (Å²) in [6.45, 7) is 2.58. The standard InChI is InChI=1S/C25H26ClN7O3/c1-36-22-6-5-16(11-18(22)26)28-24(34)31-9-7-17(8-10-31)33-21-4-2-3-20(23(21)29-25(33)35)32-13-15-12-27-30-19(15)14-32/h2-6,11-12,17H,7-10,13-14H2,1H3,(H,27,30)(H,28,34)(H,29,35). The number of methoxy groups -OCH3 is 1. The van der Waals surface area contributed by atoms with Gasteiger partial charge >= 0.3 is 11.7 Å². The van der Waals surface area contributed by atoms with Gasteiger partial charge in [0.05, 0.1) is 47.3 Å². The minimum atomic E-state index is -0.185. The predicted molar refractivity (Wildman–Crippen MR) is 138 cm³/mol. The number of para-hydroxylation sites is 1. The van der Waals surface area contributed by atoms with Gasteiger partial charge in [-0.3, -0.25) is 9.67 Å². The van der Waals surface area contributed by atoms with Gasteiger partial charge in [0.2, 0.25) is 0 Å². The van der Waals surface area contributed by atoms with Crippen LogP contribution in [0.15, 0.2) is 47.4 Å². The van der Waals surface area contributed by atoms with Crippen LogP contribution in [0.4, 0.5) is 16.2 Å². The second kappa shape index (κ2) is 8.94. The minimum Gasteiger partial charge on any atom is -0.495 e. The number of rotatable bonds is 4. The summed E-state index contributed by atoms with van der Waals surface area (Å²) in [5.41, 5.74) is 5.51. The molecule has 0 unspecified atom stereocenters. The highest BCUT2D eigenvalue weighted by atomic mass is 35.5. The number of ether oxygens (including phenoxy) is 1. The number of hydrogen-bond acceptors (Lipinski definition) is 5. The number of benzene rings is 2. The molecule has 4 aromatic rings. The highest BCUT2D eigenvalue weighted by molar-refractivity contribution is 6.32. The molecule has 2 aliphatic heterocycles. The maximum Gasteiger partial charge on any atom is 0.326 e. The molecule has 0 bridgehead atoms. The Morgan fingerprint density at radius 3 is 2.78 bits per heavy atom. The topological polar surface area (TPSA) is 111 Å². The van der Waals surface area contributed by atoms with E-state index in [2.05, 4.69) is 25.4 Å². The molecule has 186 valence electrons. The van der Waals surface area contributed by atoms with Crippen molar-refractivity contribution in [1.29, 1.82) is 0 Å². The van der Waals surface area contributed by atoms with Gasteiger partial charge in [0.1, 0.15) is 5.75 Å². The average molecular weight is 508 g/mol. The molecule has 0 atom stereocenters. The van der Waals surface area contributed by atoms with E-state index in [1.165, 1.54) is 5.56 Å². The van der Waals surface area contributed by atoms with Crippen LogP contribution < -0.4 is 20.6 Å². The first-order valence-electron chi connectivity index (χ1n) is 11.9. The molecule has 2 amide bonds. The van der Waals surface area contributed by atoms with E-state index in [0.29, 0.717) is 42.4 Å². The van der Waals surface area contributed by atoms with Crippen molar-refractivity contribution >= 4 is 40.0 Å². The fourth-order valence-electron chi connectivity index (χ4n) is 5.27. The Kier molecular flexibility index (Phi) is 5.60. The van der Waals surface area contributed by atoms with E-state index in [1.54, 1.807) is 30.2 Å². The summed E-state index contributed by atoms with van der Waals surface area (Å²) >= 11 is 6.18. The van der Waals surface area contributed by atoms with E-state index in [1.807, 2.05) is 29.0 Å². The normalized spacial score (nSPS) is 15.9. The van der Waals surface area contributed by atoms with Crippen molar-refractivity contribution in [2.75, 3.05) is 30.4 Å². The van der Waals surface area contributed by atoms with Crippen molar-refractivity contribution in [3.8, 4) is 5.75 Å². The van der Waals surface area contributed by atoms with Gasteiger partial charge in [-0.1, -0.05) is 17.7 Å². The number of halogens is 1. The number of imidazole rings is 1. The van der Waals surface area contributed by atoms with Crippen LogP contribution in [0.25, 0.3) is 11.0 Å². The van der Waals surface area contributed by atoms with Crippen molar-refractivity contribution in [1.82, 2.24) is 24.6 Å².